The van der Waals surface area contributed by atoms with Crippen LogP contribution < -0.4 is 10.6 Å². The van der Waals surface area contributed by atoms with E-state index < -0.39 is 0 Å². The molecule has 0 fully saturated rings. The molecule has 1 unspecified atom stereocenters. The summed E-state index contributed by atoms with van der Waals surface area (Å²) in [5.74, 6) is 0. The molecule has 1 rings (SSSR count). The van der Waals surface area contributed by atoms with E-state index in [4.69, 9.17) is 5.11 Å². The first-order chi connectivity index (χ1) is 9.58. The van der Waals surface area contributed by atoms with Crippen LogP contribution in [0.25, 0.3) is 0 Å². The molecule has 5 nitrogen and oxygen atoms in total. The fourth-order valence-electron chi connectivity index (χ4n) is 1.83. The van der Waals surface area contributed by atoms with Crippen LogP contribution in [0.3, 0.4) is 0 Å². The average Bonchev–Trinajstić information content (AvgIpc) is 2.45. The Labute approximate surface area is 121 Å². The lowest BCUT2D eigenvalue weighted by molar-refractivity contribution is 0.202. The van der Waals surface area contributed by atoms with Crippen molar-refractivity contribution in [1.82, 2.24) is 10.2 Å². The highest BCUT2D eigenvalue weighted by molar-refractivity contribution is 5.89. The highest BCUT2D eigenvalue weighted by atomic mass is 16.3. The van der Waals surface area contributed by atoms with Gasteiger partial charge in [-0.2, -0.15) is 0 Å². The van der Waals surface area contributed by atoms with Gasteiger partial charge in [0.25, 0.3) is 0 Å². The van der Waals surface area contributed by atoms with Crippen molar-refractivity contribution in [1.29, 1.82) is 0 Å². The minimum absolute atomic E-state index is 0.0398. The molecule has 0 heterocycles. The molecule has 0 aliphatic heterocycles. The van der Waals surface area contributed by atoms with E-state index in [-0.39, 0.29) is 18.7 Å². The zero-order valence-electron chi connectivity index (χ0n) is 12.5. The molecular formula is C15H25N3O2. The van der Waals surface area contributed by atoms with E-state index in [1.165, 1.54) is 4.90 Å². The van der Waals surface area contributed by atoms with Crippen LogP contribution in [0.15, 0.2) is 24.3 Å². The molecule has 0 saturated heterocycles. The number of carbonyl (C=O) groups excluding carboxylic acids is 1. The Kier molecular flexibility index (Phi) is 7.04. The number of benzene rings is 1. The molecule has 0 bridgehead atoms. The maximum absolute atomic E-state index is 11.8. The van der Waals surface area contributed by atoms with Crippen LogP contribution in [-0.4, -0.2) is 42.8 Å². The van der Waals surface area contributed by atoms with Crippen LogP contribution >= 0.6 is 0 Å². The summed E-state index contributed by atoms with van der Waals surface area (Å²) >= 11 is 0. The van der Waals surface area contributed by atoms with E-state index in [0.29, 0.717) is 6.54 Å². The molecule has 20 heavy (non-hydrogen) atoms. The van der Waals surface area contributed by atoms with Crippen LogP contribution in [0, 0.1) is 0 Å². The van der Waals surface area contributed by atoms with E-state index in [1.807, 2.05) is 24.3 Å². The van der Waals surface area contributed by atoms with Crippen molar-refractivity contribution in [2.75, 3.05) is 32.1 Å². The highest BCUT2D eigenvalue weighted by Crippen LogP contribution is 2.17. The maximum Gasteiger partial charge on any atom is 0.321 e. The van der Waals surface area contributed by atoms with Gasteiger partial charge >= 0.3 is 6.03 Å². The molecule has 5 heteroatoms. The molecule has 1 aromatic rings. The van der Waals surface area contributed by atoms with Crippen LogP contribution in [-0.2, 0) is 0 Å². The van der Waals surface area contributed by atoms with Crippen molar-refractivity contribution in [3.63, 3.8) is 0 Å². The smallest absolute Gasteiger partial charge is 0.321 e. The second-order valence-corrected chi connectivity index (χ2v) is 4.88. The molecule has 0 spiro atoms. The molecule has 0 aliphatic carbocycles. The maximum atomic E-state index is 11.8. The fraction of sp³-hybridized carbons (Fsp3) is 0.533. The monoisotopic (exact) mass is 279 g/mol. The molecule has 3 N–H and O–H groups in total. The number of nitrogens with zero attached hydrogens (tertiary/aromatic N) is 1. The summed E-state index contributed by atoms with van der Waals surface area (Å²) < 4.78 is 0. The fourth-order valence-corrected chi connectivity index (χ4v) is 1.83. The van der Waals surface area contributed by atoms with Gasteiger partial charge in [0.2, 0.25) is 0 Å². The standard InChI is InChI=1S/C15H25N3O2/c1-4-8-16-12(2)13-6-5-7-14(11-13)17-15(20)18(3)9-10-19/h5-7,11-12,16,19H,4,8-10H2,1-3H3,(H,17,20). The summed E-state index contributed by atoms with van der Waals surface area (Å²) in [6.45, 7) is 5.49. The Morgan fingerprint density at radius 1 is 1.45 bits per heavy atom. The highest BCUT2D eigenvalue weighted by Gasteiger charge is 2.09. The number of rotatable bonds is 7. The van der Waals surface area contributed by atoms with Crippen molar-refractivity contribution in [2.45, 2.75) is 26.3 Å². The Hall–Kier alpha value is -1.59. The Morgan fingerprint density at radius 2 is 2.20 bits per heavy atom. The predicted molar refractivity (Wildman–Crippen MR) is 81.9 cm³/mol. The summed E-state index contributed by atoms with van der Waals surface area (Å²) in [5.41, 5.74) is 1.91. The molecule has 2 amide bonds. The number of likely N-dealkylation sites (N-methyl/N-ethyl adjacent to an activating group) is 1. The summed E-state index contributed by atoms with van der Waals surface area (Å²) in [6, 6.07) is 7.84. The molecule has 0 radical (unpaired) electrons. The minimum atomic E-state index is -0.217. The second kappa shape index (κ2) is 8.55. The zero-order chi connectivity index (χ0) is 15.0. The molecule has 1 aromatic carbocycles. The normalized spacial score (nSPS) is 12.0. The van der Waals surface area contributed by atoms with Crippen molar-refractivity contribution in [3.8, 4) is 0 Å². The number of urea groups is 1. The van der Waals surface area contributed by atoms with Crippen LogP contribution in [0.2, 0.25) is 0 Å². The van der Waals surface area contributed by atoms with Crippen molar-refractivity contribution < 1.29 is 9.90 Å². The SMILES string of the molecule is CCCNC(C)c1cccc(NC(=O)N(C)CCO)c1. The van der Waals surface area contributed by atoms with Crippen LogP contribution in [0.1, 0.15) is 31.9 Å². The van der Waals surface area contributed by atoms with Crippen molar-refractivity contribution >= 4 is 11.7 Å². The van der Waals surface area contributed by atoms with E-state index >= 15 is 0 Å². The molecule has 112 valence electrons. The molecular weight excluding hydrogens is 254 g/mol. The van der Waals surface area contributed by atoms with E-state index in [0.717, 1.165) is 24.2 Å². The third-order valence-corrected chi connectivity index (χ3v) is 3.12. The lowest BCUT2D eigenvalue weighted by Gasteiger charge is -2.18. The molecule has 0 aromatic heterocycles. The Morgan fingerprint density at radius 3 is 2.85 bits per heavy atom. The predicted octanol–water partition coefficient (Wildman–Crippen LogP) is 2.20. The van der Waals surface area contributed by atoms with E-state index in [1.54, 1.807) is 7.05 Å². The number of hydrogen-bond donors (Lipinski definition) is 3. The van der Waals surface area contributed by atoms with Crippen LogP contribution in [0.4, 0.5) is 10.5 Å². The number of aliphatic hydroxyl groups is 1. The Balaban J connectivity index is 2.65. The summed E-state index contributed by atoms with van der Waals surface area (Å²) in [5, 5.41) is 15.1. The first kappa shape index (κ1) is 16.5. The van der Waals surface area contributed by atoms with Crippen molar-refractivity contribution in [2.24, 2.45) is 0 Å². The third-order valence-electron chi connectivity index (χ3n) is 3.12. The molecule has 1 atom stereocenters. The lowest BCUT2D eigenvalue weighted by atomic mass is 10.1. The number of amides is 2. The second-order valence-electron chi connectivity index (χ2n) is 4.88. The van der Waals surface area contributed by atoms with Crippen molar-refractivity contribution in [3.05, 3.63) is 29.8 Å². The van der Waals surface area contributed by atoms with Gasteiger partial charge in [0.05, 0.1) is 6.61 Å². The molecule has 0 aliphatic rings. The largest absolute Gasteiger partial charge is 0.395 e. The van der Waals surface area contributed by atoms with Gasteiger partial charge in [-0.3, -0.25) is 0 Å². The molecule has 0 saturated carbocycles. The zero-order valence-corrected chi connectivity index (χ0v) is 12.5. The van der Waals surface area contributed by atoms with Gasteiger partial charge in [-0.05, 0) is 37.6 Å². The summed E-state index contributed by atoms with van der Waals surface area (Å²) in [7, 11) is 1.65. The van der Waals surface area contributed by atoms with Gasteiger partial charge in [0.15, 0.2) is 0 Å². The van der Waals surface area contributed by atoms with Gasteiger partial charge in [0.1, 0.15) is 0 Å². The first-order valence-corrected chi connectivity index (χ1v) is 7.04. The lowest BCUT2D eigenvalue weighted by Crippen LogP contribution is -2.33. The van der Waals surface area contributed by atoms with Gasteiger partial charge in [-0.1, -0.05) is 19.1 Å². The quantitative estimate of drug-likeness (QED) is 0.717. The minimum Gasteiger partial charge on any atom is -0.395 e. The van der Waals surface area contributed by atoms with Gasteiger partial charge in [-0.25, -0.2) is 4.79 Å². The van der Waals surface area contributed by atoms with Gasteiger partial charge in [0, 0.05) is 25.3 Å². The number of aliphatic hydroxyl groups excluding tert-OH is 1. The van der Waals surface area contributed by atoms with Crippen LogP contribution in [0.5, 0.6) is 0 Å². The number of carbonyl (C=O) groups is 1. The summed E-state index contributed by atoms with van der Waals surface area (Å²) in [4.78, 5) is 13.3. The summed E-state index contributed by atoms with van der Waals surface area (Å²) in [6.07, 6.45) is 1.09. The topological polar surface area (TPSA) is 64.6 Å². The Bertz CT molecular complexity index is 423. The average molecular weight is 279 g/mol. The number of anilines is 1. The number of nitrogens with one attached hydrogen (secondary N) is 2. The number of hydrogen-bond acceptors (Lipinski definition) is 3. The van der Waals surface area contributed by atoms with E-state index in [9.17, 15) is 4.79 Å². The third kappa shape index (κ3) is 5.19. The van der Waals surface area contributed by atoms with Gasteiger partial charge in [-0.15, -0.1) is 0 Å². The first-order valence-electron chi connectivity index (χ1n) is 7.04. The van der Waals surface area contributed by atoms with Gasteiger partial charge < -0.3 is 20.6 Å². The van der Waals surface area contributed by atoms with E-state index in [2.05, 4.69) is 24.5 Å².